The normalized spacial score (nSPS) is 13.7. The first-order valence-corrected chi connectivity index (χ1v) is 7.51. The van der Waals surface area contributed by atoms with Crippen LogP contribution in [-0.2, 0) is 11.2 Å². The molecule has 0 bridgehead atoms. The third kappa shape index (κ3) is 2.97. The Morgan fingerprint density at radius 1 is 1.17 bits per heavy atom. The van der Waals surface area contributed by atoms with Gasteiger partial charge >= 0.3 is 5.97 Å². The first-order chi connectivity index (χ1) is 11.1. The smallest absolute Gasteiger partial charge is 0.337 e. The summed E-state index contributed by atoms with van der Waals surface area (Å²) in [7, 11) is 1.35. The number of esters is 1. The Balaban J connectivity index is 2.13. The number of aromatic hydroxyl groups is 1. The molecule has 3 rings (SSSR count). The van der Waals surface area contributed by atoms with Crippen LogP contribution in [0.4, 0.5) is 4.39 Å². The van der Waals surface area contributed by atoms with E-state index in [0.29, 0.717) is 11.1 Å². The Morgan fingerprint density at radius 2 is 2.00 bits per heavy atom. The molecule has 0 radical (unpaired) electrons. The van der Waals surface area contributed by atoms with Gasteiger partial charge in [0.05, 0.1) is 12.7 Å². The zero-order valence-corrected chi connectivity index (χ0v) is 12.8. The molecule has 0 saturated heterocycles. The third-order valence-corrected chi connectivity index (χ3v) is 4.06. The Bertz CT molecular complexity index is 793. The quantitative estimate of drug-likeness (QED) is 0.850. The van der Waals surface area contributed by atoms with E-state index >= 15 is 0 Å². The number of hydrogen-bond acceptors (Lipinski definition) is 3. The van der Waals surface area contributed by atoms with Gasteiger partial charge in [-0.3, -0.25) is 0 Å². The van der Waals surface area contributed by atoms with Gasteiger partial charge in [0.25, 0.3) is 0 Å². The van der Waals surface area contributed by atoms with Crippen molar-refractivity contribution in [1.29, 1.82) is 0 Å². The topological polar surface area (TPSA) is 46.5 Å². The average molecular weight is 312 g/mol. The van der Waals surface area contributed by atoms with E-state index in [4.69, 9.17) is 4.74 Å². The summed E-state index contributed by atoms with van der Waals surface area (Å²) in [6, 6.07) is 9.34. The van der Waals surface area contributed by atoms with Crippen molar-refractivity contribution < 1.29 is 19.0 Å². The number of fused-ring (bicyclic) bond motifs is 1. The maximum Gasteiger partial charge on any atom is 0.337 e. The Kier molecular flexibility index (Phi) is 4.15. The highest BCUT2D eigenvalue weighted by molar-refractivity contribution is 5.91. The van der Waals surface area contributed by atoms with E-state index in [1.807, 2.05) is 12.1 Å². The number of phenolic OH excluding ortho intramolecular Hbond substituents is 1. The van der Waals surface area contributed by atoms with Crippen molar-refractivity contribution >= 4 is 11.5 Å². The molecule has 0 unspecified atom stereocenters. The van der Waals surface area contributed by atoms with Crippen molar-refractivity contribution in [3.05, 3.63) is 70.5 Å². The minimum Gasteiger partial charge on any atom is -0.508 e. The first kappa shape index (κ1) is 15.3. The van der Waals surface area contributed by atoms with Crippen molar-refractivity contribution in [3.8, 4) is 5.75 Å². The van der Waals surface area contributed by atoms with Gasteiger partial charge < -0.3 is 9.84 Å². The van der Waals surface area contributed by atoms with Crippen LogP contribution < -0.4 is 0 Å². The van der Waals surface area contributed by atoms with Crippen LogP contribution in [0.2, 0.25) is 0 Å². The van der Waals surface area contributed by atoms with Gasteiger partial charge in [0.2, 0.25) is 0 Å². The molecule has 4 heteroatoms. The molecule has 0 aromatic heterocycles. The van der Waals surface area contributed by atoms with Crippen LogP contribution in [0.3, 0.4) is 0 Å². The lowest BCUT2D eigenvalue weighted by Gasteiger charge is -2.13. The fourth-order valence-electron chi connectivity index (χ4n) is 2.93. The number of halogens is 1. The van der Waals surface area contributed by atoms with Crippen LogP contribution in [-0.4, -0.2) is 18.2 Å². The zero-order valence-electron chi connectivity index (χ0n) is 12.8. The van der Waals surface area contributed by atoms with E-state index in [0.717, 1.165) is 36.0 Å². The average Bonchev–Trinajstić information content (AvgIpc) is 2.78. The maximum absolute atomic E-state index is 14.2. The van der Waals surface area contributed by atoms with Gasteiger partial charge in [0.1, 0.15) is 11.6 Å². The van der Waals surface area contributed by atoms with E-state index in [9.17, 15) is 14.3 Å². The molecular weight excluding hydrogens is 295 g/mol. The highest BCUT2D eigenvalue weighted by Gasteiger charge is 2.18. The number of methoxy groups -OCH3 is 1. The summed E-state index contributed by atoms with van der Waals surface area (Å²) in [5, 5.41) is 9.68. The van der Waals surface area contributed by atoms with Gasteiger partial charge in [0, 0.05) is 5.56 Å². The predicted molar refractivity (Wildman–Crippen MR) is 85.9 cm³/mol. The molecule has 0 heterocycles. The molecule has 0 fully saturated rings. The summed E-state index contributed by atoms with van der Waals surface area (Å²) in [6.07, 6.45) is 4.52. The third-order valence-electron chi connectivity index (χ3n) is 4.06. The molecule has 118 valence electrons. The number of benzene rings is 2. The van der Waals surface area contributed by atoms with Crippen LogP contribution in [0, 0.1) is 5.82 Å². The number of rotatable bonds is 2. The predicted octanol–water partition coefficient (Wildman–Crippen LogP) is 4.09. The molecule has 1 aliphatic rings. The molecule has 1 N–H and O–H groups in total. The van der Waals surface area contributed by atoms with Crippen LogP contribution in [0.25, 0.3) is 5.57 Å². The van der Waals surface area contributed by atoms with Crippen LogP contribution in [0.1, 0.15) is 39.9 Å². The highest BCUT2D eigenvalue weighted by atomic mass is 19.1. The standard InChI is InChI=1S/C19H17FO3/c1-23-19(22)13-6-8-15-12(10-13)4-2-3-5-16(15)17-11-14(21)7-9-18(17)20/h5-11,21H,2-4H2,1H3. The Morgan fingerprint density at radius 3 is 2.78 bits per heavy atom. The van der Waals surface area contributed by atoms with Gasteiger partial charge in [0.15, 0.2) is 0 Å². The molecule has 0 aliphatic heterocycles. The van der Waals surface area contributed by atoms with Gasteiger partial charge in [-0.05, 0) is 66.3 Å². The number of hydrogen-bond donors (Lipinski definition) is 1. The van der Waals surface area contributed by atoms with Gasteiger partial charge in [-0.1, -0.05) is 12.1 Å². The Labute approximate surface area is 134 Å². The largest absolute Gasteiger partial charge is 0.508 e. The van der Waals surface area contributed by atoms with Crippen LogP contribution in [0.15, 0.2) is 42.5 Å². The summed E-state index contributed by atoms with van der Waals surface area (Å²) in [4.78, 5) is 11.7. The molecule has 0 spiro atoms. The summed E-state index contributed by atoms with van der Waals surface area (Å²) in [6.45, 7) is 0. The van der Waals surface area contributed by atoms with E-state index in [1.165, 1.54) is 25.3 Å². The number of ether oxygens (including phenoxy) is 1. The van der Waals surface area contributed by atoms with Crippen molar-refractivity contribution in [1.82, 2.24) is 0 Å². The van der Waals surface area contributed by atoms with E-state index in [-0.39, 0.29) is 17.5 Å². The second-order valence-electron chi connectivity index (χ2n) is 5.54. The SMILES string of the molecule is COC(=O)c1ccc2c(c1)CCCC=C2c1cc(O)ccc1F. The lowest BCUT2D eigenvalue weighted by atomic mass is 9.92. The number of phenols is 1. The van der Waals surface area contributed by atoms with Gasteiger partial charge in [-0.15, -0.1) is 0 Å². The molecule has 0 atom stereocenters. The van der Waals surface area contributed by atoms with E-state index in [2.05, 4.69) is 0 Å². The number of aryl methyl sites for hydroxylation is 1. The molecule has 1 aliphatic carbocycles. The second kappa shape index (κ2) is 6.24. The van der Waals surface area contributed by atoms with Gasteiger partial charge in [-0.2, -0.15) is 0 Å². The summed E-state index contributed by atoms with van der Waals surface area (Å²) in [5.74, 6) is -0.732. The summed E-state index contributed by atoms with van der Waals surface area (Å²) < 4.78 is 19.0. The molecular formula is C19H17FO3. The molecule has 3 nitrogen and oxygen atoms in total. The molecule has 2 aromatic carbocycles. The monoisotopic (exact) mass is 312 g/mol. The minimum absolute atomic E-state index is 0.0271. The summed E-state index contributed by atoms with van der Waals surface area (Å²) in [5.41, 5.74) is 3.49. The highest BCUT2D eigenvalue weighted by Crippen LogP contribution is 2.34. The van der Waals surface area contributed by atoms with Crippen molar-refractivity contribution in [3.63, 3.8) is 0 Å². The van der Waals surface area contributed by atoms with Crippen molar-refractivity contribution in [2.75, 3.05) is 7.11 Å². The molecule has 0 saturated carbocycles. The van der Waals surface area contributed by atoms with Crippen LogP contribution in [0.5, 0.6) is 5.75 Å². The van der Waals surface area contributed by atoms with Crippen LogP contribution >= 0.6 is 0 Å². The van der Waals surface area contributed by atoms with Crippen molar-refractivity contribution in [2.45, 2.75) is 19.3 Å². The fraction of sp³-hybridized carbons (Fsp3) is 0.211. The minimum atomic E-state index is -0.383. The number of carbonyl (C=O) groups is 1. The number of allylic oxidation sites excluding steroid dienone is 1. The first-order valence-electron chi connectivity index (χ1n) is 7.51. The van der Waals surface area contributed by atoms with Gasteiger partial charge in [-0.25, -0.2) is 9.18 Å². The lowest BCUT2D eigenvalue weighted by molar-refractivity contribution is 0.0600. The Hall–Kier alpha value is -2.62. The fourth-order valence-corrected chi connectivity index (χ4v) is 2.93. The zero-order chi connectivity index (χ0) is 16.4. The lowest BCUT2D eigenvalue weighted by Crippen LogP contribution is -2.04. The van der Waals surface area contributed by atoms with E-state index < -0.39 is 0 Å². The second-order valence-corrected chi connectivity index (χ2v) is 5.54. The van der Waals surface area contributed by atoms with Crippen molar-refractivity contribution in [2.24, 2.45) is 0 Å². The molecule has 23 heavy (non-hydrogen) atoms. The number of carbonyl (C=O) groups excluding carboxylic acids is 1. The molecule has 2 aromatic rings. The van der Waals surface area contributed by atoms with E-state index in [1.54, 1.807) is 12.1 Å². The molecule has 0 amide bonds. The maximum atomic E-state index is 14.2. The summed E-state index contributed by atoms with van der Waals surface area (Å²) >= 11 is 0.